The molecule has 0 spiro atoms. The van der Waals surface area contributed by atoms with Gasteiger partial charge in [0.1, 0.15) is 0 Å². The first-order valence-corrected chi connectivity index (χ1v) is 7.06. The van der Waals surface area contributed by atoms with Crippen LogP contribution in [0.1, 0.15) is 22.9 Å². The molecule has 1 aromatic carbocycles. The van der Waals surface area contributed by atoms with E-state index >= 15 is 0 Å². The van der Waals surface area contributed by atoms with E-state index in [-0.39, 0.29) is 0 Å². The molecule has 1 heterocycles. The Labute approximate surface area is 125 Å². The van der Waals surface area contributed by atoms with Gasteiger partial charge in [-0.25, -0.2) is 0 Å². The van der Waals surface area contributed by atoms with Crippen molar-refractivity contribution in [1.29, 1.82) is 0 Å². The Morgan fingerprint density at radius 2 is 2.11 bits per heavy atom. The minimum atomic E-state index is -0.578. The molecule has 2 nitrogen and oxygen atoms in total. The highest BCUT2D eigenvalue weighted by molar-refractivity contribution is 14.1. The Kier molecular flexibility index (Phi) is 4.59. The third-order valence-electron chi connectivity index (χ3n) is 2.69. The van der Waals surface area contributed by atoms with Gasteiger partial charge in [0.15, 0.2) is 0 Å². The molecule has 94 valence electrons. The average molecular weight is 374 g/mol. The molecule has 0 radical (unpaired) electrons. The van der Waals surface area contributed by atoms with Gasteiger partial charge in [0.25, 0.3) is 0 Å². The number of aliphatic hydroxyl groups excluding tert-OH is 1. The fourth-order valence-corrected chi connectivity index (χ4v) is 2.57. The number of nitrogens with zero attached hydrogens (tertiary/aromatic N) is 1. The SMILES string of the molecule is Cc1ccc(CC(O)c2cc(Cl)ccc2I)nc1. The van der Waals surface area contributed by atoms with Gasteiger partial charge in [-0.05, 0) is 64.9 Å². The maximum Gasteiger partial charge on any atom is 0.0856 e. The molecule has 0 saturated carbocycles. The molecule has 2 rings (SSSR count). The predicted octanol–water partition coefficient (Wildman–Crippen LogP) is 3.92. The first-order valence-electron chi connectivity index (χ1n) is 5.61. The van der Waals surface area contributed by atoms with Crippen molar-refractivity contribution in [3.8, 4) is 0 Å². The second-order valence-corrected chi connectivity index (χ2v) is 5.81. The van der Waals surface area contributed by atoms with Crippen molar-refractivity contribution in [2.75, 3.05) is 0 Å². The van der Waals surface area contributed by atoms with E-state index in [9.17, 15) is 5.11 Å². The van der Waals surface area contributed by atoms with Gasteiger partial charge in [-0.3, -0.25) is 4.98 Å². The summed E-state index contributed by atoms with van der Waals surface area (Å²) in [6.45, 7) is 1.99. The highest BCUT2D eigenvalue weighted by atomic mass is 127. The normalized spacial score (nSPS) is 12.4. The topological polar surface area (TPSA) is 33.1 Å². The van der Waals surface area contributed by atoms with E-state index in [2.05, 4.69) is 27.6 Å². The van der Waals surface area contributed by atoms with E-state index in [4.69, 9.17) is 11.6 Å². The van der Waals surface area contributed by atoms with E-state index in [0.29, 0.717) is 11.4 Å². The summed E-state index contributed by atoms with van der Waals surface area (Å²) in [6, 6.07) is 9.48. The monoisotopic (exact) mass is 373 g/mol. The standard InChI is InChI=1S/C14H13ClINO/c1-9-2-4-11(17-8-9)7-14(18)12-6-10(15)3-5-13(12)16/h2-6,8,14,18H,7H2,1H3. The largest absolute Gasteiger partial charge is 0.388 e. The molecule has 18 heavy (non-hydrogen) atoms. The molecule has 1 atom stereocenters. The van der Waals surface area contributed by atoms with Crippen LogP contribution in [-0.4, -0.2) is 10.1 Å². The minimum Gasteiger partial charge on any atom is -0.388 e. The van der Waals surface area contributed by atoms with Crippen LogP contribution in [0.5, 0.6) is 0 Å². The zero-order valence-corrected chi connectivity index (χ0v) is 12.8. The van der Waals surface area contributed by atoms with Gasteiger partial charge in [0.05, 0.1) is 6.10 Å². The number of halogens is 2. The maximum atomic E-state index is 10.2. The second kappa shape index (κ2) is 5.99. The Morgan fingerprint density at radius 3 is 2.78 bits per heavy atom. The molecule has 1 N–H and O–H groups in total. The summed E-state index contributed by atoms with van der Waals surface area (Å²) in [5.41, 5.74) is 2.85. The quantitative estimate of drug-likeness (QED) is 0.827. The van der Waals surface area contributed by atoms with Crippen LogP contribution in [-0.2, 0) is 6.42 Å². The van der Waals surface area contributed by atoms with Gasteiger partial charge in [-0.15, -0.1) is 0 Å². The number of hydrogen-bond donors (Lipinski definition) is 1. The molecule has 0 aliphatic carbocycles. The molecule has 2 aromatic rings. The molecule has 1 aromatic heterocycles. The van der Waals surface area contributed by atoms with Crippen LogP contribution in [0.3, 0.4) is 0 Å². The molecular formula is C14H13ClINO. The summed E-state index contributed by atoms with van der Waals surface area (Å²) < 4.78 is 1.01. The number of aromatic nitrogens is 1. The fourth-order valence-electron chi connectivity index (χ4n) is 1.70. The lowest BCUT2D eigenvalue weighted by Crippen LogP contribution is -2.05. The molecular weight excluding hydrogens is 361 g/mol. The van der Waals surface area contributed by atoms with Crippen LogP contribution in [0.2, 0.25) is 5.02 Å². The van der Waals surface area contributed by atoms with Crippen molar-refractivity contribution >= 4 is 34.2 Å². The number of aryl methyl sites for hydroxylation is 1. The minimum absolute atomic E-state index is 0.497. The summed E-state index contributed by atoms with van der Waals surface area (Å²) in [5.74, 6) is 0. The number of benzene rings is 1. The highest BCUT2D eigenvalue weighted by Gasteiger charge is 2.13. The van der Waals surface area contributed by atoms with Gasteiger partial charge in [0, 0.05) is 26.9 Å². The van der Waals surface area contributed by atoms with Crippen molar-refractivity contribution in [1.82, 2.24) is 4.98 Å². The lowest BCUT2D eigenvalue weighted by atomic mass is 10.0. The van der Waals surface area contributed by atoms with E-state index in [1.54, 1.807) is 0 Å². The average Bonchev–Trinajstić information content (AvgIpc) is 2.35. The molecule has 0 aliphatic heterocycles. The summed E-state index contributed by atoms with van der Waals surface area (Å²) >= 11 is 8.16. The maximum absolute atomic E-state index is 10.2. The Hall–Kier alpha value is -0.650. The van der Waals surface area contributed by atoms with Gasteiger partial charge in [0.2, 0.25) is 0 Å². The van der Waals surface area contributed by atoms with Crippen LogP contribution in [0, 0.1) is 10.5 Å². The lowest BCUT2D eigenvalue weighted by molar-refractivity contribution is 0.176. The fraction of sp³-hybridized carbons (Fsp3) is 0.214. The molecule has 1 unspecified atom stereocenters. The van der Waals surface area contributed by atoms with E-state index in [1.807, 2.05) is 43.5 Å². The smallest absolute Gasteiger partial charge is 0.0856 e. The summed E-state index contributed by atoms with van der Waals surface area (Å²) in [6.07, 6.45) is 1.73. The Morgan fingerprint density at radius 1 is 1.33 bits per heavy atom. The van der Waals surface area contributed by atoms with Crippen LogP contribution in [0.4, 0.5) is 0 Å². The summed E-state index contributed by atoms with van der Waals surface area (Å²) in [5, 5.41) is 10.9. The molecule has 0 amide bonds. The van der Waals surface area contributed by atoms with Crippen LogP contribution in [0.15, 0.2) is 36.5 Å². The third kappa shape index (κ3) is 3.43. The van der Waals surface area contributed by atoms with Crippen molar-refractivity contribution in [2.24, 2.45) is 0 Å². The van der Waals surface area contributed by atoms with Crippen molar-refractivity contribution < 1.29 is 5.11 Å². The first kappa shape index (κ1) is 13.8. The summed E-state index contributed by atoms with van der Waals surface area (Å²) in [4.78, 5) is 4.30. The zero-order valence-electron chi connectivity index (χ0n) is 9.90. The number of pyridine rings is 1. The van der Waals surface area contributed by atoms with Gasteiger partial charge >= 0.3 is 0 Å². The van der Waals surface area contributed by atoms with E-state index < -0.39 is 6.10 Å². The van der Waals surface area contributed by atoms with Crippen LogP contribution in [0.25, 0.3) is 0 Å². The molecule has 0 saturated heterocycles. The molecule has 0 bridgehead atoms. The highest BCUT2D eigenvalue weighted by Crippen LogP contribution is 2.25. The number of aliphatic hydroxyl groups is 1. The van der Waals surface area contributed by atoms with Crippen molar-refractivity contribution in [2.45, 2.75) is 19.4 Å². The van der Waals surface area contributed by atoms with Gasteiger partial charge in [-0.1, -0.05) is 17.7 Å². The molecule has 4 heteroatoms. The predicted molar refractivity (Wildman–Crippen MR) is 81.8 cm³/mol. The van der Waals surface area contributed by atoms with Gasteiger partial charge in [-0.2, -0.15) is 0 Å². The third-order valence-corrected chi connectivity index (χ3v) is 3.91. The molecule has 0 fully saturated rings. The second-order valence-electron chi connectivity index (χ2n) is 4.21. The van der Waals surface area contributed by atoms with Crippen LogP contribution >= 0.6 is 34.2 Å². The Balaban J connectivity index is 2.18. The Bertz CT molecular complexity index is 542. The van der Waals surface area contributed by atoms with E-state index in [0.717, 1.165) is 20.4 Å². The number of hydrogen-bond acceptors (Lipinski definition) is 2. The summed E-state index contributed by atoms with van der Waals surface area (Å²) in [7, 11) is 0. The van der Waals surface area contributed by atoms with Crippen molar-refractivity contribution in [3.63, 3.8) is 0 Å². The van der Waals surface area contributed by atoms with Crippen LogP contribution < -0.4 is 0 Å². The molecule has 0 aliphatic rings. The van der Waals surface area contributed by atoms with E-state index in [1.165, 1.54) is 0 Å². The lowest BCUT2D eigenvalue weighted by Gasteiger charge is -2.13. The van der Waals surface area contributed by atoms with Crippen molar-refractivity contribution in [3.05, 3.63) is 61.9 Å². The first-order chi connectivity index (χ1) is 8.56. The number of rotatable bonds is 3. The zero-order chi connectivity index (χ0) is 13.1. The van der Waals surface area contributed by atoms with Gasteiger partial charge < -0.3 is 5.11 Å².